The van der Waals surface area contributed by atoms with Crippen molar-refractivity contribution in [2.75, 3.05) is 11.1 Å². The van der Waals surface area contributed by atoms with Gasteiger partial charge < -0.3 is 9.88 Å². The third-order valence-corrected chi connectivity index (χ3v) is 4.87. The summed E-state index contributed by atoms with van der Waals surface area (Å²) in [5, 5.41) is 12.8. The molecule has 1 N–H and O–H groups in total. The molecule has 0 unspecified atom stereocenters. The molecule has 0 fully saturated rings. The lowest BCUT2D eigenvalue weighted by molar-refractivity contribution is -0.113. The van der Waals surface area contributed by atoms with Gasteiger partial charge in [-0.15, -0.1) is 10.2 Å². The van der Waals surface area contributed by atoms with Crippen molar-refractivity contribution in [3.05, 3.63) is 34.1 Å². The fraction of sp³-hybridized carbons (Fsp3) is 0.438. The Hall–Kier alpha value is -1.24. The van der Waals surface area contributed by atoms with E-state index < -0.39 is 0 Å². The predicted octanol–water partition coefficient (Wildman–Crippen LogP) is 4.85. The summed E-state index contributed by atoms with van der Waals surface area (Å²) in [6, 6.07) is 5.10. The average molecular weight is 387 g/mol. The van der Waals surface area contributed by atoms with Crippen LogP contribution < -0.4 is 5.32 Å². The lowest BCUT2D eigenvalue weighted by atomic mass is 10.2. The quantitative estimate of drug-likeness (QED) is 0.690. The maximum atomic E-state index is 12.2. The first-order chi connectivity index (χ1) is 11.4. The van der Waals surface area contributed by atoms with E-state index in [1.54, 1.807) is 18.2 Å². The van der Waals surface area contributed by atoms with Crippen LogP contribution in [0.2, 0.25) is 10.0 Å². The Balaban J connectivity index is 2.04. The molecule has 0 aliphatic heterocycles. The van der Waals surface area contributed by atoms with Crippen LogP contribution in [0, 0.1) is 0 Å². The first-order valence-electron chi connectivity index (χ1n) is 7.73. The molecule has 1 aromatic carbocycles. The van der Waals surface area contributed by atoms with Crippen molar-refractivity contribution in [3.8, 4) is 0 Å². The number of halogens is 2. The van der Waals surface area contributed by atoms with Crippen LogP contribution in [0.15, 0.2) is 23.4 Å². The zero-order chi connectivity index (χ0) is 17.7. The van der Waals surface area contributed by atoms with Crippen molar-refractivity contribution in [2.45, 2.75) is 44.8 Å². The molecule has 130 valence electrons. The number of rotatable bonds is 7. The normalized spacial score (nSPS) is 11.1. The summed E-state index contributed by atoms with van der Waals surface area (Å²) in [4.78, 5) is 12.2. The maximum absolute atomic E-state index is 12.2. The molecule has 0 bridgehead atoms. The highest BCUT2D eigenvalue weighted by molar-refractivity contribution is 7.99. The number of amides is 1. The van der Waals surface area contributed by atoms with E-state index >= 15 is 0 Å². The molecule has 0 radical (unpaired) electrons. The van der Waals surface area contributed by atoms with E-state index in [1.807, 2.05) is 0 Å². The minimum atomic E-state index is -0.188. The highest BCUT2D eigenvalue weighted by Crippen LogP contribution is 2.30. The van der Waals surface area contributed by atoms with Gasteiger partial charge in [0.25, 0.3) is 0 Å². The smallest absolute Gasteiger partial charge is 0.234 e. The summed E-state index contributed by atoms with van der Waals surface area (Å²) in [6.07, 6.45) is 0.979. The van der Waals surface area contributed by atoms with Crippen molar-refractivity contribution in [2.24, 2.45) is 0 Å². The van der Waals surface area contributed by atoms with Crippen LogP contribution >= 0.6 is 35.0 Å². The highest BCUT2D eigenvalue weighted by atomic mass is 35.5. The summed E-state index contributed by atoms with van der Waals surface area (Å²) in [5.41, 5.74) is 0.435. The van der Waals surface area contributed by atoms with Crippen LogP contribution in [0.25, 0.3) is 0 Å². The van der Waals surface area contributed by atoms with Crippen LogP contribution in [0.5, 0.6) is 0 Å². The molecule has 24 heavy (non-hydrogen) atoms. The van der Waals surface area contributed by atoms with Crippen molar-refractivity contribution >= 4 is 46.6 Å². The van der Waals surface area contributed by atoms with E-state index in [9.17, 15) is 4.79 Å². The average Bonchev–Trinajstić information content (AvgIpc) is 2.92. The van der Waals surface area contributed by atoms with Crippen molar-refractivity contribution in [1.29, 1.82) is 0 Å². The molecule has 1 aromatic heterocycles. The van der Waals surface area contributed by atoms with Gasteiger partial charge in [-0.2, -0.15) is 0 Å². The summed E-state index contributed by atoms with van der Waals surface area (Å²) in [5.74, 6) is 1.25. The van der Waals surface area contributed by atoms with E-state index in [4.69, 9.17) is 23.2 Å². The van der Waals surface area contributed by atoms with Crippen molar-refractivity contribution in [1.82, 2.24) is 14.8 Å². The van der Waals surface area contributed by atoms with Crippen molar-refractivity contribution < 1.29 is 4.79 Å². The molecular formula is C16H20Cl2N4OS. The number of hydrogen-bond acceptors (Lipinski definition) is 4. The fourth-order valence-corrected chi connectivity index (χ4v) is 3.45. The van der Waals surface area contributed by atoms with E-state index in [2.05, 4.69) is 40.9 Å². The number of thioether (sulfide) groups is 1. The largest absolute Gasteiger partial charge is 0.323 e. The van der Waals surface area contributed by atoms with Gasteiger partial charge in [0, 0.05) is 12.5 Å². The van der Waals surface area contributed by atoms with E-state index in [0.717, 1.165) is 23.9 Å². The van der Waals surface area contributed by atoms with E-state index in [-0.39, 0.29) is 17.6 Å². The fourth-order valence-electron chi connectivity index (χ4n) is 2.19. The number of anilines is 1. The molecule has 1 heterocycles. The molecule has 2 rings (SSSR count). The molecule has 0 saturated carbocycles. The Bertz CT molecular complexity index is 698. The van der Waals surface area contributed by atoms with Crippen LogP contribution in [0.4, 0.5) is 5.69 Å². The maximum Gasteiger partial charge on any atom is 0.234 e. The molecule has 5 nitrogen and oxygen atoms in total. The van der Waals surface area contributed by atoms with Crippen molar-refractivity contribution in [3.63, 3.8) is 0 Å². The minimum Gasteiger partial charge on any atom is -0.323 e. The third-order valence-electron chi connectivity index (χ3n) is 3.27. The number of carbonyl (C=O) groups excluding carboxylic acids is 1. The molecule has 8 heteroatoms. The van der Waals surface area contributed by atoms with Gasteiger partial charge in [-0.25, -0.2) is 0 Å². The second-order valence-corrected chi connectivity index (χ2v) is 7.34. The van der Waals surface area contributed by atoms with Gasteiger partial charge in [-0.3, -0.25) is 4.79 Å². The number of nitrogens with one attached hydrogen (secondary N) is 1. The minimum absolute atomic E-state index is 0.188. The molecule has 1 amide bonds. The zero-order valence-electron chi connectivity index (χ0n) is 13.8. The second-order valence-electron chi connectivity index (χ2n) is 5.58. The van der Waals surface area contributed by atoms with Gasteiger partial charge in [0.1, 0.15) is 5.82 Å². The van der Waals surface area contributed by atoms with Gasteiger partial charge in [-0.05, 0) is 18.6 Å². The Labute approximate surface area is 156 Å². The zero-order valence-corrected chi connectivity index (χ0v) is 16.2. The Kier molecular flexibility index (Phi) is 6.95. The van der Waals surface area contributed by atoms with E-state index in [1.165, 1.54) is 11.8 Å². The van der Waals surface area contributed by atoms with Gasteiger partial charge in [-0.1, -0.05) is 61.8 Å². The standard InChI is InChI=1S/C16H20Cl2N4OS/c1-4-8-22-15(10(2)3)20-21-16(22)24-9-13(23)19-14-11(17)6-5-7-12(14)18/h5-7,10H,4,8-9H2,1-3H3,(H,19,23). The number of para-hydroxylation sites is 1. The first-order valence-corrected chi connectivity index (χ1v) is 9.48. The molecule has 0 spiro atoms. The summed E-state index contributed by atoms with van der Waals surface area (Å²) in [7, 11) is 0. The summed E-state index contributed by atoms with van der Waals surface area (Å²) < 4.78 is 2.07. The predicted molar refractivity (Wildman–Crippen MR) is 100 cm³/mol. The van der Waals surface area contributed by atoms with E-state index in [0.29, 0.717) is 15.7 Å². The Morgan fingerprint density at radius 1 is 1.29 bits per heavy atom. The van der Waals surface area contributed by atoms with Gasteiger partial charge >= 0.3 is 0 Å². The number of hydrogen-bond donors (Lipinski definition) is 1. The van der Waals surface area contributed by atoms with Gasteiger partial charge in [0.05, 0.1) is 21.5 Å². The highest BCUT2D eigenvalue weighted by Gasteiger charge is 2.16. The van der Waals surface area contributed by atoms with Crippen LogP contribution in [-0.4, -0.2) is 26.4 Å². The number of benzene rings is 1. The number of nitrogens with zero attached hydrogens (tertiary/aromatic N) is 3. The Morgan fingerprint density at radius 2 is 1.96 bits per heavy atom. The summed E-state index contributed by atoms with van der Waals surface area (Å²) >= 11 is 13.5. The first kappa shape index (κ1) is 19.1. The molecule has 2 aromatic rings. The monoisotopic (exact) mass is 386 g/mol. The topological polar surface area (TPSA) is 59.8 Å². The molecular weight excluding hydrogens is 367 g/mol. The van der Waals surface area contributed by atoms with Crippen LogP contribution in [0.3, 0.4) is 0 Å². The lowest BCUT2D eigenvalue weighted by Crippen LogP contribution is -2.15. The molecule has 0 aliphatic carbocycles. The Morgan fingerprint density at radius 3 is 2.54 bits per heavy atom. The van der Waals surface area contributed by atoms with Gasteiger partial charge in [0.2, 0.25) is 5.91 Å². The lowest BCUT2D eigenvalue weighted by Gasteiger charge is -2.11. The van der Waals surface area contributed by atoms with Crippen LogP contribution in [0.1, 0.15) is 38.9 Å². The second kappa shape index (κ2) is 8.74. The molecule has 0 saturated heterocycles. The molecule has 0 atom stereocenters. The SMILES string of the molecule is CCCn1c(SCC(=O)Nc2c(Cl)cccc2Cl)nnc1C(C)C. The number of aromatic nitrogens is 3. The summed E-state index contributed by atoms with van der Waals surface area (Å²) in [6.45, 7) is 7.10. The molecule has 0 aliphatic rings. The van der Waals surface area contributed by atoms with Gasteiger partial charge in [0.15, 0.2) is 5.16 Å². The third kappa shape index (κ3) is 4.65. The van der Waals surface area contributed by atoms with Crippen LogP contribution in [-0.2, 0) is 11.3 Å². The number of carbonyl (C=O) groups is 1.